The molecule has 6 nitrogen and oxygen atoms in total. The number of nitrogens with one attached hydrogen (secondary N) is 3. The average Bonchev–Trinajstić information content (AvgIpc) is 2.51. The zero-order valence-corrected chi connectivity index (χ0v) is 14.5. The lowest BCUT2D eigenvalue weighted by Gasteiger charge is -2.08. The van der Waals surface area contributed by atoms with Crippen LogP contribution in [0.3, 0.4) is 0 Å². The first kappa shape index (κ1) is 21.4. The van der Waals surface area contributed by atoms with E-state index in [1.165, 1.54) is 0 Å². The topological polar surface area (TPSA) is 79.5 Å². The van der Waals surface area contributed by atoms with E-state index >= 15 is 0 Å². The number of halogens is 1. The van der Waals surface area contributed by atoms with Gasteiger partial charge in [0.15, 0.2) is 0 Å². The van der Waals surface area contributed by atoms with Crippen LogP contribution >= 0.6 is 12.4 Å². The average molecular weight is 344 g/mol. The van der Waals surface area contributed by atoms with E-state index in [1.54, 1.807) is 7.11 Å². The van der Waals surface area contributed by atoms with Crippen molar-refractivity contribution in [2.75, 3.05) is 32.1 Å². The largest absolute Gasteiger partial charge is 0.383 e. The molecular weight excluding hydrogens is 318 g/mol. The Labute approximate surface area is 143 Å². The number of benzene rings is 1. The molecule has 23 heavy (non-hydrogen) atoms. The number of amides is 2. The summed E-state index contributed by atoms with van der Waals surface area (Å²) >= 11 is 0. The number of anilines is 1. The lowest BCUT2D eigenvalue weighted by Crippen LogP contribution is -2.34. The molecule has 2 amide bonds. The Bertz CT molecular complexity index is 466. The lowest BCUT2D eigenvalue weighted by atomic mass is 10.2. The third kappa shape index (κ3) is 9.89. The molecule has 0 spiro atoms. The standard InChI is InChI=1S/C16H25N3O3.ClH/c1-3-4-15(20)19-14-7-5-13(6-8-14)11-18-16(21)12-17-9-10-22-2;/h5-8,17H,3-4,9-12H2,1-2H3,(H,18,21)(H,19,20);1H. The normalized spacial score (nSPS) is 9.83. The third-order valence-electron chi connectivity index (χ3n) is 2.97. The van der Waals surface area contributed by atoms with E-state index in [0.717, 1.165) is 17.7 Å². The molecule has 7 heteroatoms. The molecule has 1 rings (SSSR count). The van der Waals surface area contributed by atoms with Gasteiger partial charge in [0.2, 0.25) is 11.8 Å². The zero-order valence-electron chi connectivity index (χ0n) is 13.7. The van der Waals surface area contributed by atoms with Crippen LogP contribution in [0.15, 0.2) is 24.3 Å². The molecule has 0 bridgehead atoms. The van der Waals surface area contributed by atoms with Gasteiger partial charge < -0.3 is 20.7 Å². The minimum Gasteiger partial charge on any atom is -0.383 e. The predicted octanol–water partition coefficient (Wildman–Crippen LogP) is 1.70. The van der Waals surface area contributed by atoms with Gasteiger partial charge in [-0.05, 0) is 24.1 Å². The highest BCUT2D eigenvalue weighted by Gasteiger charge is 2.02. The Morgan fingerprint density at radius 1 is 1.13 bits per heavy atom. The van der Waals surface area contributed by atoms with Crippen molar-refractivity contribution in [2.45, 2.75) is 26.3 Å². The summed E-state index contributed by atoms with van der Waals surface area (Å²) in [5.74, 6) is -0.0397. The maximum absolute atomic E-state index is 11.6. The van der Waals surface area contributed by atoms with E-state index < -0.39 is 0 Å². The summed E-state index contributed by atoms with van der Waals surface area (Å²) in [6.07, 6.45) is 1.35. The van der Waals surface area contributed by atoms with Crippen LogP contribution in [-0.2, 0) is 20.9 Å². The van der Waals surface area contributed by atoms with Gasteiger partial charge >= 0.3 is 0 Å². The fourth-order valence-corrected chi connectivity index (χ4v) is 1.80. The number of methoxy groups -OCH3 is 1. The van der Waals surface area contributed by atoms with Crippen LogP contribution in [0.2, 0.25) is 0 Å². The first-order valence-corrected chi connectivity index (χ1v) is 7.50. The van der Waals surface area contributed by atoms with Gasteiger partial charge in [-0.3, -0.25) is 9.59 Å². The van der Waals surface area contributed by atoms with Gasteiger partial charge in [-0.1, -0.05) is 19.1 Å². The SMILES string of the molecule is CCCC(=O)Nc1ccc(CNC(=O)CNCCOC)cc1.Cl. The Morgan fingerprint density at radius 3 is 2.43 bits per heavy atom. The Morgan fingerprint density at radius 2 is 1.83 bits per heavy atom. The predicted molar refractivity (Wildman–Crippen MR) is 93.8 cm³/mol. The van der Waals surface area contributed by atoms with Crippen LogP contribution in [0.25, 0.3) is 0 Å². The molecule has 0 aliphatic heterocycles. The second-order valence-corrected chi connectivity index (χ2v) is 4.94. The molecule has 0 heterocycles. The van der Waals surface area contributed by atoms with Crippen molar-refractivity contribution in [2.24, 2.45) is 0 Å². The molecule has 0 aromatic heterocycles. The Balaban J connectivity index is 0.00000484. The van der Waals surface area contributed by atoms with Crippen molar-refractivity contribution < 1.29 is 14.3 Å². The van der Waals surface area contributed by atoms with Crippen LogP contribution < -0.4 is 16.0 Å². The molecule has 3 N–H and O–H groups in total. The van der Waals surface area contributed by atoms with Gasteiger partial charge in [0, 0.05) is 32.3 Å². The van der Waals surface area contributed by atoms with Crippen molar-refractivity contribution in [1.82, 2.24) is 10.6 Å². The summed E-state index contributed by atoms with van der Waals surface area (Å²) in [7, 11) is 1.62. The third-order valence-corrected chi connectivity index (χ3v) is 2.97. The number of hydrogen-bond acceptors (Lipinski definition) is 4. The van der Waals surface area contributed by atoms with Gasteiger partial charge in [-0.2, -0.15) is 0 Å². The van der Waals surface area contributed by atoms with Crippen LogP contribution in [0.4, 0.5) is 5.69 Å². The van der Waals surface area contributed by atoms with E-state index in [1.807, 2.05) is 31.2 Å². The summed E-state index contributed by atoms with van der Waals surface area (Å²) in [6, 6.07) is 7.46. The molecule has 0 radical (unpaired) electrons. The summed E-state index contributed by atoms with van der Waals surface area (Å²) in [5.41, 5.74) is 1.76. The minimum atomic E-state index is -0.0589. The number of hydrogen-bond donors (Lipinski definition) is 3. The molecule has 0 saturated heterocycles. The van der Waals surface area contributed by atoms with E-state index in [-0.39, 0.29) is 30.8 Å². The fraction of sp³-hybridized carbons (Fsp3) is 0.500. The fourth-order valence-electron chi connectivity index (χ4n) is 1.80. The van der Waals surface area contributed by atoms with Crippen molar-refractivity contribution in [3.05, 3.63) is 29.8 Å². The van der Waals surface area contributed by atoms with Crippen molar-refractivity contribution in [3.63, 3.8) is 0 Å². The van der Waals surface area contributed by atoms with Gasteiger partial charge in [-0.25, -0.2) is 0 Å². The highest BCUT2D eigenvalue weighted by Crippen LogP contribution is 2.10. The monoisotopic (exact) mass is 343 g/mol. The molecule has 1 aromatic rings. The first-order valence-electron chi connectivity index (χ1n) is 7.50. The zero-order chi connectivity index (χ0) is 16.2. The molecular formula is C16H26ClN3O3. The molecule has 1 aromatic carbocycles. The number of rotatable bonds is 10. The van der Waals surface area contributed by atoms with Crippen LogP contribution in [0.1, 0.15) is 25.3 Å². The summed E-state index contributed by atoms with van der Waals surface area (Å²) in [4.78, 5) is 23.1. The van der Waals surface area contributed by atoms with Crippen LogP contribution in [-0.4, -0.2) is 38.6 Å². The van der Waals surface area contributed by atoms with Crippen LogP contribution in [0.5, 0.6) is 0 Å². The number of ether oxygens (including phenoxy) is 1. The molecule has 130 valence electrons. The summed E-state index contributed by atoms with van der Waals surface area (Å²) in [6.45, 7) is 3.94. The van der Waals surface area contributed by atoms with Crippen molar-refractivity contribution in [1.29, 1.82) is 0 Å². The van der Waals surface area contributed by atoms with Crippen molar-refractivity contribution >= 4 is 29.9 Å². The quantitative estimate of drug-likeness (QED) is 0.565. The Hall–Kier alpha value is -1.63. The maximum atomic E-state index is 11.6. The molecule has 0 atom stereocenters. The van der Waals surface area contributed by atoms with Gasteiger partial charge in [0.25, 0.3) is 0 Å². The van der Waals surface area contributed by atoms with Gasteiger partial charge in [-0.15, -0.1) is 12.4 Å². The van der Waals surface area contributed by atoms with E-state index in [0.29, 0.717) is 26.1 Å². The van der Waals surface area contributed by atoms with Gasteiger partial charge in [0.1, 0.15) is 0 Å². The second-order valence-electron chi connectivity index (χ2n) is 4.94. The molecule has 0 saturated carbocycles. The molecule has 0 unspecified atom stereocenters. The van der Waals surface area contributed by atoms with E-state index in [9.17, 15) is 9.59 Å². The van der Waals surface area contributed by atoms with Crippen molar-refractivity contribution in [3.8, 4) is 0 Å². The molecule has 0 aliphatic carbocycles. The van der Waals surface area contributed by atoms with Crippen LogP contribution in [0, 0.1) is 0 Å². The van der Waals surface area contributed by atoms with Gasteiger partial charge in [0.05, 0.1) is 13.2 Å². The lowest BCUT2D eigenvalue weighted by molar-refractivity contribution is -0.120. The summed E-state index contributed by atoms with van der Waals surface area (Å²) < 4.78 is 4.88. The molecule has 0 fully saturated rings. The number of carbonyl (C=O) groups is 2. The smallest absolute Gasteiger partial charge is 0.234 e. The highest BCUT2D eigenvalue weighted by molar-refractivity contribution is 5.90. The van der Waals surface area contributed by atoms with E-state index in [4.69, 9.17) is 4.74 Å². The van der Waals surface area contributed by atoms with E-state index in [2.05, 4.69) is 16.0 Å². The second kappa shape index (κ2) is 12.9. The highest BCUT2D eigenvalue weighted by atomic mass is 35.5. The minimum absolute atomic E-state index is 0. The first-order chi connectivity index (χ1) is 10.7. The molecule has 0 aliphatic rings. The number of carbonyl (C=O) groups excluding carboxylic acids is 2. The maximum Gasteiger partial charge on any atom is 0.234 e. The Kier molecular flexibility index (Phi) is 12.0. The summed E-state index contributed by atoms with van der Waals surface area (Å²) in [5, 5.41) is 8.63.